The number of hydrogen-bond acceptors (Lipinski definition) is 2. The van der Waals surface area contributed by atoms with Crippen LogP contribution in [-0.4, -0.2) is 18.5 Å². The smallest absolute Gasteiger partial charge is 0.220 e. The van der Waals surface area contributed by atoms with Gasteiger partial charge in [-0.3, -0.25) is 4.79 Å². The van der Waals surface area contributed by atoms with Gasteiger partial charge in [0.25, 0.3) is 0 Å². The van der Waals surface area contributed by atoms with Crippen LogP contribution < -0.4 is 11.1 Å². The molecule has 4 heteroatoms. The lowest BCUT2D eigenvalue weighted by Gasteiger charge is -2.21. The van der Waals surface area contributed by atoms with Gasteiger partial charge in [0.2, 0.25) is 5.91 Å². The molecule has 1 amide bonds. The van der Waals surface area contributed by atoms with Crippen molar-refractivity contribution in [3.05, 3.63) is 35.9 Å². The van der Waals surface area contributed by atoms with E-state index in [-0.39, 0.29) is 30.3 Å². The molecular weight excluding hydrogens is 284 g/mol. The van der Waals surface area contributed by atoms with Gasteiger partial charge in [0.1, 0.15) is 0 Å². The fourth-order valence-electron chi connectivity index (χ4n) is 2.52. The summed E-state index contributed by atoms with van der Waals surface area (Å²) in [5.41, 5.74) is 6.96. The average molecular weight is 313 g/mol. The highest BCUT2D eigenvalue weighted by atomic mass is 35.5. The maximum atomic E-state index is 12.2. The Labute approximate surface area is 135 Å². The molecule has 0 spiro atoms. The van der Waals surface area contributed by atoms with E-state index in [1.807, 2.05) is 18.2 Å². The molecule has 0 heterocycles. The molecule has 0 bridgehead atoms. The van der Waals surface area contributed by atoms with Gasteiger partial charge < -0.3 is 11.1 Å². The van der Waals surface area contributed by atoms with Crippen molar-refractivity contribution in [3.63, 3.8) is 0 Å². The highest BCUT2D eigenvalue weighted by molar-refractivity contribution is 5.85. The van der Waals surface area contributed by atoms with E-state index in [0.717, 1.165) is 12.8 Å². The maximum Gasteiger partial charge on any atom is 0.220 e. The first-order chi connectivity index (χ1) is 9.56. The second-order valence-electron chi connectivity index (χ2n) is 5.85. The van der Waals surface area contributed by atoms with Crippen LogP contribution in [-0.2, 0) is 4.79 Å². The van der Waals surface area contributed by atoms with E-state index in [1.165, 1.54) is 5.56 Å². The minimum absolute atomic E-state index is 0. The van der Waals surface area contributed by atoms with Crippen molar-refractivity contribution < 1.29 is 4.79 Å². The van der Waals surface area contributed by atoms with Crippen molar-refractivity contribution in [2.75, 3.05) is 6.54 Å². The molecule has 120 valence electrons. The van der Waals surface area contributed by atoms with Crippen molar-refractivity contribution in [1.82, 2.24) is 5.32 Å². The molecule has 1 aromatic rings. The number of carbonyl (C=O) groups is 1. The summed E-state index contributed by atoms with van der Waals surface area (Å²) >= 11 is 0. The Morgan fingerprint density at radius 3 is 2.33 bits per heavy atom. The number of rotatable bonds is 8. The third-order valence-corrected chi connectivity index (χ3v) is 3.60. The zero-order valence-corrected chi connectivity index (χ0v) is 14.2. The quantitative estimate of drug-likeness (QED) is 0.772. The lowest BCUT2D eigenvalue weighted by molar-refractivity contribution is -0.122. The van der Waals surface area contributed by atoms with E-state index in [0.29, 0.717) is 18.9 Å². The summed E-state index contributed by atoms with van der Waals surface area (Å²) in [4.78, 5) is 12.2. The second-order valence-corrected chi connectivity index (χ2v) is 5.85. The van der Waals surface area contributed by atoms with Crippen molar-refractivity contribution in [3.8, 4) is 0 Å². The van der Waals surface area contributed by atoms with Crippen LogP contribution in [0, 0.1) is 5.92 Å². The SMILES string of the molecule is CCC(CC(=O)NC(CN)CC(C)C)c1ccccc1.Cl. The van der Waals surface area contributed by atoms with Crippen LogP contribution in [0.2, 0.25) is 0 Å². The summed E-state index contributed by atoms with van der Waals surface area (Å²) < 4.78 is 0. The molecule has 2 unspecified atom stereocenters. The first kappa shape index (κ1) is 19.9. The maximum absolute atomic E-state index is 12.2. The van der Waals surface area contributed by atoms with Crippen LogP contribution in [0.1, 0.15) is 51.5 Å². The van der Waals surface area contributed by atoms with Gasteiger partial charge in [0.15, 0.2) is 0 Å². The van der Waals surface area contributed by atoms with Crippen LogP contribution in [0.3, 0.4) is 0 Å². The molecule has 3 nitrogen and oxygen atoms in total. The Kier molecular flexibility index (Phi) is 10.1. The monoisotopic (exact) mass is 312 g/mol. The van der Waals surface area contributed by atoms with Gasteiger partial charge in [-0.15, -0.1) is 12.4 Å². The van der Waals surface area contributed by atoms with Gasteiger partial charge in [-0.2, -0.15) is 0 Å². The molecule has 0 aromatic heterocycles. The Morgan fingerprint density at radius 1 is 1.24 bits per heavy atom. The first-order valence-electron chi connectivity index (χ1n) is 7.61. The number of nitrogens with two attached hydrogens (primary N) is 1. The Morgan fingerprint density at radius 2 is 1.86 bits per heavy atom. The summed E-state index contributed by atoms with van der Waals surface area (Å²) in [5, 5.41) is 3.07. The Bertz CT molecular complexity index is 395. The third-order valence-electron chi connectivity index (χ3n) is 3.60. The second kappa shape index (κ2) is 10.6. The minimum Gasteiger partial charge on any atom is -0.352 e. The molecule has 0 aliphatic rings. The van der Waals surface area contributed by atoms with Crippen molar-refractivity contribution >= 4 is 18.3 Å². The van der Waals surface area contributed by atoms with E-state index in [4.69, 9.17) is 5.73 Å². The molecule has 0 radical (unpaired) electrons. The van der Waals surface area contributed by atoms with E-state index >= 15 is 0 Å². The highest BCUT2D eigenvalue weighted by Gasteiger charge is 2.17. The van der Waals surface area contributed by atoms with E-state index in [9.17, 15) is 4.79 Å². The molecule has 3 N–H and O–H groups in total. The van der Waals surface area contributed by atoms with Crippen molar-refractivity contribution in [2.24, 2.45) is 11.7 Å². The molecule has 0 aliphatic carbocycles. The topological polar surface area (TPSA) is 55.1 Å². The number of hydrogen-bond donors (Lipinski definition) is 2. The van der Waals surface area contributed by atoms with Gasteiger partial charge in [-0.25, -0.2) is 0 Å². The predicted molar refractivity (Wildman–Crippen MR) is 91.8 cm³/mol. The molecular formula is C17H29ClN2O. The first-order valence-corrected chi connectivity index (χ1v) is 7.61. The van der Waals surface area contributed by atoms with Gasteiger partial charge >= 0.3 is 0 Å². The fraction of sp³-hybridized carbons (Fsp3) is 0.588. The van der Waals surface area contributed by atoms with Gasteiger partial charge in [0, 0.05) is 19.0 Å². The van der Waals surface area contributed by atoms with Crippen LogP contribution in [0.4, 0.5) is 0 Å². The molecule has 1 aromatic carbocycles. The predicted octanol–water partition coefficient (Wildman–Crippen LogP) is 3.48. The minimum atomic E-state index is 0. The summed E-state index contributed by atoms with van der Waals surface area (Å²) in [6.07, 6.45) is 2.44. The lowest BCUT2D eigenvalue weighted by atomic mass is 9.92. The molecule has 1 rings (SSSR count). The zero-order valence-electron chi connectivity index (χ0n) is 13.3. The van der Waals surface area contributed by atoms with Crippen LogP contribution in [0.5, 0.6) is 0 Å². The van der Waals surface area contributed by atoms with Crippen molar-refractivity contribution in [2.45, 2.75) is 52.0 Å². The number of nitrogens with one attached hydrogen (secondary N) is 1. The van der Waals surface area contributed by atoms with E-state index in [2.05, 4.69) is 38.2 Å². The van der Waals surface area contributed by atoms with Gasteiger partial charge in [0.05, 0.1) is 0 Å². The van der Waals surface area contributed by atoms with Gasteiger partial charge in [-0.1, -0.05) is 51.1 Å². The number of benzene rings is 1. The summed E-state index contributed by atoms with van der Waals surface area (Å²) in [5.74, 6) is 0.936. The highest BCUT2D eigenvalue weighted by Crippen LogP contribution is 2.22. The Balaban J connectivity index is 0.00000400. The molecule has 0 fully saturated rings. The molecule has 21 heavy (non-hydrogen) atoms. The van der Waals surface area contributed by atoms with Crippen LogP contribution in [0.25, 0.3) is 0 Å². The largest absolute Gasteiger partial charge is 0.352 e. The molecule has 2 atom stereocenters. The zero-order chi connectivity index (χ0) is 15.0. The standard InChI is InChI=1S/C17H28N2O.ClH/c1-4-14(15-8-6-5-7-9-15)11-17(20)19-16(12-18)10-13(2)3;/h5-9,13-14,16H,4,10-12,18H2,1-3H3,(H,19,20);1H. The molecule has 0 saturated heterocycles. The Hall–Kier alpha value is -1.06. The van der Waals surface area contributed by atoms with Crippen molar-refractivity contribution in [1.29, 1.82) is 0 Å². The van der Waals surface area contributed by atoms with E-state index < -0.39 is 0 Å². The number of carbonyl (C=O) groups excluding carboxylic acids is 1. The summed E-state index contributed by atoms with van der Waals surface area (Å²) in [6.45, 7) is 6.92. The summed E-state index contributed by atoms with van der Waals surface area (Å²) in [7, 11) is 0. The summed E-state index contributed by atoms with van der Waals surface area (Å²) in [6, 6.07) is 10.3. The third kappa shape index (κ3) is 7.49. The average Bonchev–Trinajstić information content (AvgIpc) is 2.44. The van der Waals surface area contributed by atoms with Gasteiger partial charge in [-0.05, 0) is 30.2 Å². The van der Waals surface area contributed by atoms with Crippen LogP contribution in [0.15, 0.2) is 30.3 Å². The van der Waals surface area contributed by atoms with Crippen LogP contribution >= 0.6 is 12.4 Å². The number of halogens is 1. The fourth-order valence-corrected chi connectivity index (χ4v) is 2.52. The van der Waals surface area contributed by atoms with E-state index in [1.54, 1.807) is 0 Å². The molecule has 0 saturated carbocycles. The normalized spacial score (nSPS) is 13.4. The number of amides is 1. The lowest BCUT2D eigenvalue weighted by Crippen LogP contribution is -2.41. The molecule has 0 aliphatic heterocycles.